The smallest absolute Gasteiger partial charge is 0.246 e. The molecule has 1 aromatic heterocycles. The van der Waals surface area contributed by atoms with E-state index >= 15 is 0 Å². The van der Waals surface area contributed by atoms with Crippen molar-refractivity contribution >= 4 is 0 Å². The molecule has 0 aliphatic heterocycles. The van der Waals surface area contributed by atoms with E-state index in [9.17, 15) is 0 Å². The SMILES string of the molecule is CCC1CCC(N)(c2nc(CCO)no2)CC1. The Kier molecular flexibility index (Phi) is 3.79. The molecule has 5 heteroatoms. The largest absolute Gasteiger partial charge is 0.396 e. The minimum atomic E-state index is -0.452. The molecule has 5 nitrogen and oxygen atoms in total. The van der Waals surface area contributed by atoms with Crippen molar-refractivity contribution in [1.82, 2.24) is 10.1 Å². The minimum absolute atomic E-state index is 0.0362. The van der Waals surface area contributed by atoms with Gasteiger partial charge in [0.25, 0.3) is 0 Å². The first kappa shape index (κ1) is 12.5. The van der Waals surface area contributed by atoms with Crippen molar-refractivity contribution in [1.29, 1.82) is 0 Å². The molecule has 1 heterocycles. The van der Waals surface area contributed by atoms with Crippen molar-refractivity contribution in [3.8, 4) is 0 Å². The maximum atomic E-state index is 8.82. The van der Waals surface area contributed by atoms with E-state index in [1.54, 1.807) is 0 Å². The lowest BCUT2D eigenvalue weighted by Crippen LogP contribution is -2.40. The molecule has 0 spiro atoms. The molecular formula is C12H21N3O2. The first-order chi connectivity index (χ1) is 8.18. The molecule has 17 heavy (non-hydrogen) atoms. The summed E-state index contributed by atoms with van der Waals surface area (Å²) in [5, 5.41) is 12.7. The number of aromatic nitrogens is 2. The molecule has 96 valence electrons. The van der Waals surface area contributed by atoms with Crippen molar-refractivity contribution in [2.24, 2.45) is 11.7 Å². The summed E-state index contributed by atoms with van der Waals surface area (Å²) in [5.41, 5.74) is 5.90. The van der Waals surface area contributed by atoms with Crippen LogP contribution < -0.4 is 5.73 Å². The van der Waals surface area contributed by atoms with Crippen LogP contribution in [-0.2, 0) is 12.0 Å². The van der Waals surface area contributed by atoms with Gasteiger partial charge in [0.1, 0.15) is 0 Å². The molecule has 0 bridgehead atoms. The van der Waals surface area contributed by atoms with Gasteiger partial charge in [-0.05, 0) is 31.6 Å². The maximum Gasteiger partial charge on any atom is 0.246 e. The second kappa shape index (κ2) is 5.14. The van der Waals surface area contributed by atoms with Gasteiger partial charge in [0, 0.05) is 6.42 Å². The molecule has 0 amide bonds. The fourth-order valence-electron chi connectivity index (χ4n) is 2.47. The lowest BCUT2D eigenvalue weighted by molar-refractivity contribution is 0.181. The maximum absolute atomic E-state index is 8.82. The molecule has 1 aromatic rings. The van der Waals surface area contributed by atoms with Crippen LogP contribution in [0, 0.1) is 5.92 Å². The Morgan fingerprint density at radius 1 is 1.47 bits per heavy atom. The van der Waals surface area contributed by atoms with Gasteiger partial charge in [-0.1, -0.05) is 18.5 Å². The number of nitrogens with two attached hydrogens (primary N) is 1. The molecule has 0 unspecified atom stereocenters. The number of nitrogens with zero attached hydrogens (tertiary/aromatic N) is 2. The van der Waals surface area contributed by atoms with Crippen molar-refractivity contribution in [2.45, 2.75) is 51.0 Å². The third-order valence-corrected chi connectivity index (χ3v) is 3.80. The Hall–Kier alpha value is -0.940. The topological polar surface area (TPSA) is 85.2 Å². The Morgan fingerprint density at radius 3 is 2.76 bits per heavy atom. The van der Waals surface area contributed by atoms with Crippen LogP contribution in [0.15, 0.2) is 4.52 Å². The van der Waals surface area contributed by atoms with Crippen LogP contribution in [0.25, 0.3) is 0 Å². The lowest BCUT2D eigenvalue weighted by atomic mass is 9.76. The van der Waals surface area contributed by atoms with Gasteiger partial charge in [-0.2, -0.15) is 4.98 Å². The van der Waals surface area contributed by atoms with Crippen molar-refractivity contribution < 1.29 is 9.63 Å². The number of rotatable bonds is 4. The van der Waals surface area contributed by atoms with Crippen LogP contribution in [-0.4, -0.2) is 21.9 Å². The molecule has 1 saturated carbocycles. The van der Waals surface area contributed by atoms with Crippen LogP contribution in [0.4, 0.5) is 0 Å². The van der Waals surface area contributed by atoms with Gasteiger partial charge in [-0.25, -0.2) is 0 Å². The molecule has 0 radical (unpaired) electrons. The second-order valence-electron chi connectivity index (χ2n) is 5.00. The van der Waals surface area contributed by atoms with E-state index in [-0.39, 0.29) is 6.61 Å². The summed E-state index contributed by atoms with van der Waals surface area (Å²) >= 11 is 0. The first-order valence-electron chi connectivity index (χ1n) is 6.40. The summed E-state index contributed by atoms with van der Waals surface area (Å²) in [6, 6.07) is 0. The first-order valence-corrected chi connectivity index (χ1v) is 6.40. The Labute approximate surface area is 101 Å². The van der Waals surface area contributed by atoms with Crippen LogP contribution in [0.2, 0.25) is 0 Å². The molecule has 1 aliphatic rings. The molecule has 0 aromatic carbocycles. The van der Waals surface area contributed by atoms with Gasteiger partial charge in [0.15, 0.2) is 5.82 Å². The summed E-state index contributed by atoms with van der Waals surface area (Å²) < 4.78 is 5.23. The molecule has 1 aliphatic carbocycles. The van der Waals surface area contributed by atoms with Crippen molar-refractivity contribution in [3.05, 3.63) is 11.7 Å². The van der Waals surface area contributed by atoms with E-state index < -0.39 is 5.54 Å². The van der Waals surface area contributed by atoms with E-state index in [1.807, 2.05) is 0 Å². The third kappa shape index (κ3) is 2.66. The van der Waals surface area contributed by atoms with Crippen LogP contribution >= 0.6 is 0 Å². The summed E-state index contributed by atoms with van der Waals surface area (Å²) in [7, 11) is 0. The number of aliphatic hydroxyl groups excluding tert-OH is 1. The Morgan fingerprint density at radius 2 is 2.18 bits per heavy atom. The summed E-state index contributed by atoms with van der Waals surface area (Å²) in [6.07, 6.45) is 5.72. The third-order valence-electron chi connectivity index (χ3n) is 3.80. The van der Waals surface area contributed by atoms with E-state index in [1.165, 1.54) is 6.42 Å². The zero-order valence-electron chi connectivity index (χ0n) is 10.4. The van der Waals surface area contributed by atoms with Gasteiger partial charge >= 0.3 is 0 Å². The molecule has 1 fully saturated rings. The second-order valence-corrected chi connectivity index (χ2v) is 5.00. The summed E-state index contributed by atoms with van der Waals surface area (Å²) in [4.78, 5) is 4.28. The van der Waals surface area contributed by atoms with E-state index in [0.717, 1.165) is 31.6 Å². The van der Waals surface area contributed by atoms with Crippen molar-refractivity contribution in [3.63, 3.8) is 0 Å². The molecule has 3 N–H and O–H groups in total. The Balaban J connectivity index is 2.05. The number of hydrogen-bond donors (Lipinski definition) is 2. The summed E-state index contributed by atoms with van der Waals surface area (Å²) in [6.45, 7) is 2.26. The van der Waals surface area contributed by atoms with Gasteiger partial charge in [0.05, 0.1) is 12.1 Å². The fourth-order valence-corrected chi connectivity index (χ4v) is 2.47. The van der Waals surface area contributed by atoms with E-state index in [2.05, 4.69) is 17.1 Å². The zero-order chi connectivity index (χ0) is 12.3. The van der Waals surface area contributed by atoms with E-state index in [0.29, 0.717) is 18.1 Å². The van der Waals surface area contributed by atoms with Gasteiger partial charge in [-0.3, -0.25) is 0 Å². The van der Waals surface area contributed by atoms with Gasteiger partial charge < -0.3 is 15.4 Å². The predicted octanol–water partition coefficient (Wildman–Crippen LogP) is 1.36. The monoisotopic (exact) mass is 239 g/mol. The van der Waals surface area contributed by atoms with E-state index in [4.69, 9.17) is 15.4 Å². The minimum Gasteiger partial charge on any atom is -0.396 e. The molecule has 2 rings (SSSR count). The number of hydrogen-bond acceptors (Lipinski definition) is 5. The highest BCUT2D eigenvalue weighted by Crippen LogP contribution is 2.37. The summed E-state index contributed by atoms with van der Waals surface area (Å²) in [5.74, 6) is 1.87. The molecule has 0 saturated heterocycles. The lowest BCUT2D eigenvalue weighted by Gasteiger charge is -2.33. The quantitative estimate of drug-likeness (QED) is 0.828. The van der Waals surface area contributed by atoms with Crippen molar-refractivity contribution in [2.75, 3.05) is 6.61 Å². The highest BCUT2D eigenvalue weighted by molar-refractivity contribution is 5.04. The highest BCUT2D eigenvalue weighted by Gasteiger charge is 2.37. The predicted molar refractivity (Wildman–Crippen MR) is 63.2 cm³/mol. The normalized spacial score (nSPS) is 29.5. The zero-order valence-corrected chi connectivity index (χ0v) is 10.4. The highest BCUT2D eigenvalue weighted by atomic mass is 16.5. The fraction of sp³-hybridized carbons (Fsp3) is 0.833. The van der Waals surface area contributed by atoms with Gasteiger partial charge in [-0.15, -0.1) is 0 Å². The Bertz CT molecular complexity index is 356. The average molecular weight is 239 g/mol. The average Bonchev–Trinajstić information content (AvgIpc) is 2.80. The number of aliphatic hydroxyl groups is 1. The molecule has 0 atom stereocenters. The van der Waals surface area contributed by atoms with Crippen LogP contribution in [0.1, 0.15) is 50.7 Å². The van der Waals surface area contributed by atoms with Gasteiger partial charge in [0.2, 0.25) is 5.89 Å². The van der Waals surface area contributed by atoms with Crippen LogP contribution in [0.3, 0.4) is 0 Å². The van der Waals surface area contributed by atoms with Crippen LogP contribution in [0.5, 0.6) is 0 Å². The molecular weight excluding hydrogens is 218 g/mol. The standard InChI is InChI=1S/C12H21N3O2/c1-2-9-3-6-12(13,7-4-9)11-14-10(5-8-16)15-17-11/h9,16H,2-8,13H2,1H3.